The first-order chi connectivity index (χ1) is 12.2. The van der Waals surface area contributed by atoms with Crippen molar-refractivity contribution in [2.24, 2.45) is 0 Å². The molecule has 0 saturated carbocycles. The number of carbonyl (C=O) groups excluding carboxylic acids is 2. The average molecular weight is 381 g/mol. The van der Waals surface area contributed by atoms with Crippen LogP contribution in [-0.2, 0) is 20.7 Å². The van der Waals surface area contributed by atoms with Crippen molar-refractivity contribution in [1.82, 2.24) is 5.32 Å². The van der Waals surface area contributed by atoms with Crippen LogP contribution in [0.3, 0.4) is 0 Å². The number of esters is 1. The van der Waals surface area contributed by atoms with Crippen molar-refractivity contribution in [2.75, 3.05) is 5.73 Å². The maximum absolute atomic E-state index is 12.5. The first-order valence-corrected chi connectivity index (χ1v) is 8.43. The van der Waals surface area contributed by atoms with E-state index in [1.54, 1.807) is 47.6 Å². The summed E-state index contributed by atoms with van der Waals surface area (Å²) in [6, 6.07) is 3.12. The highest BCUT2D eigenvalue weighted by molar-refractivity contribution is 5.82. The molecule has 0 spiro atoms. The number of nitrogens with one attached hydrogen (secondary N) is 1. The van der Waals surface area contributed by atoms with Gasteiger partial charge < -0.3 is 20.5 Å². The van der Waals surface area contributed by atoms with Crippen LogP contribution in [0.25, 0.3) is 0 Å². The van der Waals surface area contributed by atoms with E-state index in [4.69, 9.17) is 15.2 Å². The number of hydrogen-bond acceptors (Lipinski definition) is 7. The molecule has 0 bridgehead atoms. The highest BCUT2D eigenvalue weighted by atomic mass is 16.6. The Bertz CT molecular complexity index is 719. The van der Waals surface area contributed by atoms with Crippen LogP contribution in [0.15, 0.2) is 18.2 Å². The van der Waals surface area contributed by atoms with Gasteiger partial charge in [0.2, 0.25) is 0 Å². The monoisotopic (exact) mass is 381 g/mol. The number of benzene rings is 1. The third-order valence-electron chi connectivity index (χ3n) is 3.11. The molecule has 1 atom stereocenters. The van der Waals surface area contributed by atoms with Gasteiger partial charge in [0, 0.05) is 12.5 Å². The highest BCUT2D eigenvalue weighted by Gasteiger charge is 2.29. The summed E-state index contributed by atoms with van der Waals surface area (Å²) in [5, 5.41) is 13.5. The Morgan fingerprint density at radius 3 is 2.19 bits per heavy atom. The Balaban J connectivity index is 3.07. The number of ether oxygens (including phenoxy) is 2. The van der Waals surface area contributed by atoms with Gasteiger partial charge in [0.05, 0.1) is 4.92 Å². The lowest BCUT2D eigenvalue weighted by atomic mass is 10.0. The minimum absolute atomic E-state index is 0.0117. The molecule has 9 nitrogen and oxygen atoms in total. The van der Waals surface area contributed by atoms with Crippen LogP contribution >= 0.6 is 0 Å². The molecule has 1 aromatic rings. The summed E-state index contributed by atoms with van der Waals surface area (Å²) in [7, 11) is 0. The van der Waals surface area contributed by atoms with E-state index in [0.717, 1.165) is 0 Å². The number of anilines is 1. The predicted molar refractivity (Wildman–Crippen MR) is 100 cm³/mol. The molecule has 1 amide bonds. The smallest absolute Gasteiger partial charge is 0.408 e. The number of nitro benzene ring substituents is 1. The zero-order valence-electron chi connectivity index (χ0n) is 16.5. The van der Waals surface area contributed by atoms with Crippen LogP contribution in [0.5, 0.6) is 0 Å². The molecular weight excluding hydrogens is 354 g/mol. The third-order valence-corrected chi connectivity index (χ3v) is 3.11. The molecule has 1 aromatic carbocycles. The van der Waals surface area contributed by atoms with E-state index in [0.29, 0.717) is 5.56 Å². The number of nitrogen functional groups attached to an aromatic ring is 1. The molecule has 27 heavy (non-hydrogen) atoms. The van der Waals surface area contributed by atoms with Crippen molar-refractivity contribution in [2.45, 2.75) is 65.2 Å². The van der Waals surface area contributed by atoms with Crippen molar-refractivity contribution in [3.63, 3.8) is 0 Å². The predicted octanol–water partition coefficient (Wildman–Crippen LogP) is 2.95. The Kier molecular flexibility index (Phi) is 6.77. The van der Waals surface area contributed by atoms with Crippen LogP contribution in [0, 0.1) is 10.1 Å². The summed E-state index contributed by atoms with van der Waals surface area (Å²) in [6.07, 6.45) is -0.807. The Morgan fingerprint density at radius 1 is 1.15 bits per heavy atom. The van der Waals surface area contributed by atoms with E-state index in [9.17, 15) is 19.7 Å². The minimum Gasteiger partial charge on any atom is -0.458 e. The van der Waals surface area contributed by atoms with Crippen molar-refractivity contribution in [1.29, 1.82) is 0 Å². The lowest BCUT2D eigenvalue weighted by Crippen LogP contribution is -2.47. The second kappa shape index (κ2) is 8.24. The van der Waals surface area contributed by atoms with E-state index < -0.39 is 34.2 Å². The molecule has 9 heteroatoms. The molecule has 1 rings (SSSR count). The molecule has 0 aliphatic heterocycles. The summed E-state index contributed by atoms with van der Waals surface area (Å²) in [5.41, 5.74) is 4.27. The average Bonchev–Trinajstić information content (AvgIpc) is 2.44. The Labute approximate surface area is 158 Å². The molecule has 0 saturated heterocycles. The number of nitrogens with two attached hydrogens (primary N) is 1. The Hall–Kier alpha value is -2.84. The maximum Gasteiger partial charge on any atom is 0.408 e. The van der Waals surface area contributed by atoms with Crippen molar-refractivity contribution in [3.8, 4) is 0 Å². The van der Waals surface area contributed by atoms with Gasteiger partial charge in [-0.25, -0.2) is 9.59 Å². The minimum atomic E-state index is -1.08. The van der Waals surface area contributed by atoms with Gasteiger partial charge in [-0.1, -0.05) is 6.07 Å². The van der Waals surface area contributed by atoms with Crippen molar-refractivity contribution >= 4 is 23.4 Å². The molecular formula is C18H27N3O6. The molecule has 1 unspecified atom stereocenters. The zero-order valence-corrected chi connectivity index (χ0v) is 16.5. The third kappa shape index (κ3) is 7.93. The van der Waals surface area contributed by atoms with Crippen molar-refractivity contribution < 1.29 is 24.0 Å². The largest absolute Gasteiger partial charge is 0.458 e. The van der Waals surface area contributed by atoms with Gasteiger partial charge in [0.1, 0.15) is 22.9 Å². The number of nitrogens with zero attached hydrogens (tertiary/aromatic N) is 1. The van der Waals surface area contributed by atoms with Crippen molar-refractivity contribution in [3.05, 3.63) is 33.9 Å². The van der Waals surface area contributed by atoms with Crippen LogP contribution in [0.4, 0.5) is 16.2 Å². The summed E-state index contributed by atoms with van der Waals surface area (Å²) < 4.78 is 10.5. The fourth-order valence-electron chi connectivity index (χ4n) is 2.13. The molecule has 0 aliphatic carbocycles. The van der Waals surface area contributed by atoms with E-state index in [-0.39, 0.29) is 17.8 Å². The summed E-state index contributed by atoms with van der Waals surface area (Å²) >= 11 is 0. The number of amides is 1. The van der Waals surface area contributed by atoms with Gasteiger partial charge in [0.25, 0.3) is 5.69 Å². The van der Waals surface area contributed by atoms with Crippen LogP contribution in [-0.4, -0.2) is 34.2 Å². The van der Waals surface area contributed by atoms with Crippen LogP contribution in [0.2, 0.25) is 0 Å². The Morgan fingerprint density at radius 2 is 1.70 bits per heavy atom. The molecule has 3 N–H and O–H groups in total. The highest BCUT2D eigenvalue weighted by Crippen LogP contribution is 2.23. The molecule has 0 heterocycles. The molecule has 150 valence electrons. The van der Waals surface area contributed by atoms with Gasteiger partial charge in [0.15, 0.2) is 0 Å². The SMILES string of the molecule is CC(C)(C)OC(=O)NC(Cc1ccc(N)c([N+](=O)[O-])c1)C(=O)OC(C)(C)C. The summed E-state index contributed by atoms with van der Waals surface area (Å²) in [5.74, 6) is -0.673. The standard InChI is InChI=1S/C18H27N3O6/c1-17(2,3)26-15(22)13(20-16(23)27-18(4,5)6)9-11-7-8-12(19)14(10-11)21(24)25/h7-8,10,13H,9,19H2,1-6H3,(H,20,23). The van der Waals surface area contributed by atoms with Gasteiger partial charge >= 0.3 is 12.1 Å². The maximum atomic E-state index is 12.5. The zero-order chi connectivity index (χ0) is 21.0. The quantitative estimate of drug-likeness (QED) is 0.346. The first kappa shape index (κ1) is 22.2. The fourth-order valence-corrected chi connectivity index (χ4v) is 2.13. The fraction of sp³-hybridized carbons (Fsp3) is 0.556. The number of rotatable bonds is 5. The lowest BCUT2D eigenvalue weighted by Gasteiger charge is -2.26. The topological polar surface area (TPSA) is 134 Å². The van der Waals surface area contributed by atoms with E-state index >= 15 is 0 Å². The van der Waals surface area contributed by atoms with Crippen LogP contribution in [0.1, 0.15) is 47.1 Å². The number of alkyl carbamates (subject to hydrolysis) is 1. The number of nitro groups is 1. The molecule has 0 aromatic heterocycles. The van der Waals surface area contributed by atoms with E-state index in [1.165, 1.54) is 12.1 Å². The second-order valence-corrected chi connectivity index (χ2v) is 8.09. The lowest BCUT2D eigenvalue weighted by molar-refractivity contribution is -0.384. The molecule has 0 aliphatic rings. The van der Waals surface area contributed by atoms with Gasteiger partial charge in [-0.05, 0) is 53.2 Å². The second-order valence-electron chi connectivity index (χ2n) is 8.09. The number of hydrogen-bond donors (Lipinski definition) is 2. The van der Waals surface area contributed by atoms with E-state index in [2.05, 4.69) is 5.32 Å². The van der Waals surface area contributed by atoms with Gasteiger partial charge in [-0.3, -0.25) is 10.1 Å². The van der Waals surface area contributed by atoms with Gasteiger partial charge in [-0.2, -0.15) is 0 Å². The van der Waals surface area contributed by atoms with E-state index in [1.807, 2.05) is 0 Å². The molecule has 0 radical (unpaired) electrons. The summed E-state index contributed by atoms with van der Waals surface area (Å²) in [6.45, 7) is 10.2. The van der Waals surface area contributed by atoms with Crippen LogP contribution < -0.4 is 11.1 Å². The first-order valence-electron chi connectivity index (χ1n) is 8.43. The molecule has 0 fully saturated rings. The van der Waals surface area contributed by atoms with Gasteiger partial charge in [-0.15, -0.1) is 0 Å². The summed E-state index contributed by atoms with van der Waals surface area (Å²) in [4.78, 5) is 35.0. The normalized spacial score (nSPS) is 12.8. The number of carbonyl (C=O) groups is 2.